The number of aromatic nitrogens is 6. The van der Waals surface area contributed by atoms with Crippen molar-refractivity contribution in [3.05, 3.63) is 71.7 Å². The van der Waals surface area contributed by atoms with Crippen LogP contribution < -0.4 is 5.73 Å². The first kappa shape index (κ1) is 20.1. The highest BCUT2D eigenvalue weighted by Crippen LogP contribution is 2.24. The smallest absolute Gasteiger partial charge is 0.221 e. The first-order chi connectivity index (χ1) is 15.1. The van der Waals surface area contributed by atoms with Crippen LogP contribution in [0.3, 0.4) is 0 Å². The average Bonchev–Trinajstić information content (AvgIpc) is 3.23. The highest BCUT2D eigenvalue weighted by atomic mass is 16.5. The Balaban J connectivity index is 1.60. The molecule has 0 fully saturated rings. The van der Waals surface area contributed by atoms with Crippen molar-refractivity contribution in [2.45, 2.75) is 19.6 Å². The minimum Gasteiger partial charge on any atom is -0.378 e. The second-order valence-corrected chi connectivity index (χ2v) is 6.89. The summed E-state index contributed by atoms with van der Waals surface area (Å²) in [6.45, 7) is 0.920. The van der Waals surface area contributed by atoms with Gasteiger partial charge in [0.05, 0.1) is 54.6 Å². The lowest BCUT2D eigenvalue weighted by atomic mass is 10.1. The third-order valence-electron chi connectivity index (χ3n) is 4.53. The molecule has 0 saturated carbocycles. The monoisotopic (exact) mass is 412 g/mol. The average molecular weight is 412 g/mol. The van der Waals surface area contributed by atoms with E-state index in [1.807, 2.05) is 48.5 Å². The van der Waals surface area contributed by atoms with Gasteiger partial charge in [-0.05, 0) is 29.8 Å². The topological polar surface area (TPSA) is 128 Å². The molecule has 154 valence electrons. The van der Waals surface area contributed by atoms with Crippen molar-refractivity contribution in [1.29, 1.82) is 5.26 Å². The summed E-state index contributed by atoms with van der Waals surface area (Å²) in [6.07, 6.45) is 2.12. The van der Waals surface area contributed by atoms with Gasteiger partial charge in [-0.15, -0.1) is 5.10 Å². The van der Waals surface area contributed by atoms with Crippen LogP contribution in [0.1, 0.15) is 17.0 Å². The number of ether oxygens (including phenoxy) is 1. The Bertz CT molecular complexity index is 1240. The van der Waals surface area contributed by atoms with E-state index in [-0.39, 0.29) is 5.95 Å². The van der Waals surface area contributed by atoms with Crippen LogP contribution in [0.15, 0.2) is 54.7 Å². The summed E-state index contributed by atoms with van der Waals surface area (Å²) in [5.41, 5.74) is 11.2. The highest BCUT2D eigenvalue weighted by molar-refractivity contribution is 5.67. The Morgan fingerprint density at radius 1 is 1.00 bits per heavy atom. The zero-order valence-corrected chi connectivity index (χ0v) is 16.9. The van der Waals surface area contributed by atoms with E-state index < -0.39 is 0 Å². The minimum atomic E-state index is 0.140. The van der Waals surface area contributed by atoms with Crippen LogP contribution in [0.2, 0.25) is 0 Å². The molecular formula is C22H20N8O. The highest BCUT2D eigenvalue weighted by Gasteiger charge is 2.11. The number of benzene rings is 1. The number of nitriles is 1. The van der Waals surface area contributed by atoms with Crippen molar-refractivity contribution in [3.8, 4) is 28.7 Å². The lowest BCUT2D eigenvalue weighted by molar-refractivity contribution is 0.181. The molecule has 0 atom stereocenters. The second-order valence-electron chi connectivity index (χ2n) is 6.89. The van der Waals surface area contributed by atoms with Gasteiger partial charge in [-0.1, -0.05) is 29.5 Å². The maximum Gasteiger partial charge on any atom is 0.221 e. The van der Waals surface area contributed by atoms with Gasteiger partial charge in [0.1, 0.15) is 5.69 Å². The molecule has 0 bridgehead atoms. The van der Waals surface area contributed by atoms with Crippen LogP contribution in [0, 0.1) is 11.3 Å². The van der Waals surface area contributed by atoms with E-state index in [1.54, 1.807) is 18.0 Å². The Morgan fingerprint density at radius 3 is 2.65 bits per heavy atom. The summed E-state index contributed by atoms with van der Waals surface area (Å²) in [5, 5.41) is 17.4. The number of pyridine rings is 1. The molecule has 31 heavy (non-hydrogen) atoms. The second kappa shape index (κ2) is 9.11. The van der Waals surface area contributed by atoms with Gasteiger partial charge in [-0.25, -0.2) is 14.6 Å². The third kappa shape index (κ3) is 4.88. The molecule has 0 aliphatic carbocycles. The molecule has 0 radical (unpaired) electrons. The SMILES string of the molecule is COCc1cccc(Cn2cc(-c3cc(-c4cccc(CC#N)c4)nc(N)n3)nn2)n1. The molecule has 1 aromatic carbocycles. The van der Waals surface area contributed by atoms with Crippen molar-refractivity contribution in [2.24, 2.45) is 0 Å². The number of nitrogen functional groups attached to an aromatic ring is 1. The molecule has 3 aromatic heterocycles. The molecule has 9 heteroatoms. The zero-order chi connectivity index (χ0) is 21.6. The normalized spacial score (nSPS) is 10.7. The molecule has 2 N–H and O–H groups in total. The van der Waals surface area contributed by atoms with Crippen molar-refractivity contribution < 1.29 is 4.74 Å². The molecule has 0 spiro atoms. The first-order valence-corrected chi connectivity index (χ1v) is 9.59. The third-order valence-corrected chi connectivity index (χ3v) is 4.53. The van der Waals surface area contributed by atoms with E-state index >= 15 is 0 Å². The Labute approximate surface area is 179 Å². The summed E-state index contributed by atoms with van der Waals surface area (Å²) in [4.78, 5) is 13.2. The first-order valence-electron chi connectivity index (χ1n) is 9.59. The maximum atomic E-state index is 8.94. The molecule has 3 heterocycles. The fourth-order valence-corrected chi connectivity index (χ4v) is 3.18. The van der Waals surface area contributed by atoms with Gasteiger partial charge >= 0.3 is 0 Å². The summed E-state index contributed by atoms with van der Waals surface area (Å²) >= 11 is 0. The van der Waals surface area contributed by atoms with Crippen LogP contribution in [0.5, 0.6) is 0 Å². The number of rotatable bonds is 7. The standard InChI is InChI=1S/C22H20N8O/c1-31-14-18-7-3-6-17(25-18)12-30-13-21(28-29-30)20-11-19(26-22(24)27-20)16-5-2-4-15(10-16)8-9-23/h2-7,10-11,13H,8,12,14H2,1H3,(H2,24,26,27). The molecule has 4 aromatic rings. The van der Waals surface area contributed by atoms with Gasteiger partial charge in [0.25, 0.3) is 0 Å². The molecule has 4 rings (SSSR count). The zero-order valence-electron chi connectivity index (χ0n) is 16.9. The maximum absolute atomic E-state index is 8.94. The summed E-state index contributed by atoms with van der Waals surface area (Å²) in [6, 6.07) is 17.4. The van der Waals surface area contributed by atoms with Crippen LogP contribution in [0.4, 0.5) is 5.95 Å². The fourth-order valence-electron chi connectivity index (χ4n) is 3.18. The lowest BCUT2D eigenvalue weighted by Gasteiger charge is -2.06. The van der Waals surface area contributed by atoms with Crippen LogP contribution >= 0.6 is 0 Å². The molecule has 0 unspecified atom stereocenters. The Hall–Kier alpha value is -4.16. The predicted molar refractivity (Wildman–Crippen MR) is 114 cm³/mol. The van der Waals surface area contributed by atoms with Crippen molar-refractivity contribution in [3.63, 3.8) is 0 Å². The number of nitrogens with two attached hydrogens (primary N) is 1. The van der Waals surface area contributed by atoms with Gasteiger partial charge in [-0.2, -0.15) is 5.26 Å². The van der Waals surface area contributed by atoms with Crippen molar-refractivity contribution in [1.82, 2.24) is 29.9 Å². The lowest BCUT2D eigenvalue weighted by Crippen LogP contribution is -2.04. The van der Waals surface area contributed by atoms with Crippen LogP contribution in [0.25, 0.3) is 22.6 Å². The van der Waals surface area contributed by atoms with E-state index in [9.17, 15) is 0 Å². The molecule has 0 aliphatic rings. The molecule has 9 nitrogen and oxygen atoms in total. The minimum absolute atomic E-state index is 0.140. The number of methoxy groups -OCH3 is 1. The van der Waals surface area contributed by atoms with Crippen LogP contribution in [-0.2, 0) is 24.3 Å². The molecule has 0 aliphatic heterocycles. The summed E-state index contributed by atoms with van der Waals surface area (Å²) < 4.78 is 6.83. The number of hydrogen-bond donors (Lipinski definition) is 1. The van der Waals surface area contributed by atoms with Crippen molar-refractivity contribution >= 4 is 5.95 Å². The molecule has 0 amide bonds. The van der Waals surface area contributed by atoms with E-state index in [0.717, 1.165) is 22.5 Å². The Kier molecular flexibility index (Phi) is 5.91. The van der Waals surface area contributed by atoms with E-state index in [2.05, 4.69) is 31.3 Å². The number of nitrogens with zero attached hydrogens (tertiary/aromatic N) is 7. The molecular weight excluding hydrogens is 392 g/mol. The molecule has 0 saturated heterocycles. The largest absolute Gasteiger partial charge is 0.378 e. The van der Waals surface area contributed by atoms with Gasteiger partial charge in [0.2, 0.25) is 5.95 Å². The van der Waals surface area contributed by atoms with Gasteiger partial charge in [0, 0.05) is 12.7 Å². The summed E-state index contributed by atoms with van der Waals surface area (Å²) in [5.74, 6) is 0.140. The quantitative estimate of drug-likeness (QED) is 0.490. The van der Waals surface area contributed by atoms with E-state index in [0.29, 0.717) is 36.7 Å². The van der Waals surface area contributed by atoms with E-state index in [1.165, 1.54) is 0 Å². The van der Waals surface area contributed by atoms with Gasteiger partial charge in [-0.3, -0.25) is 4.98 Å². The van der Waals surface area contributed by atoms with Gasteiger partial charge < -0.3 is 10.5 Å². The van der Waals surface area contributed by atoms with Crippen molar-refractivity contribution in [2.75, 3.05) is 12.8 Å². The number of hydrogen-bond acceptors (Lipinski definition) is 8. The summed E-state index contributed by atoms with van der Waals surface area (Å²) in [7, 11) is 1.64. The van der Waals surface area contributed by atoms with Gasteiger partial charge in [0.15, 0.2) is 0 Å². The predicted octanol–water partition coefficient (Wildman–Crippen LogP) is 2.64. The van der Waals surface area contributed by atoms with Crippen LogP contribution in [-0.4, -0.2) is 37.1 Å². The fraction of sp³-hybridized carbons (Fsp3) is 0.182. The van der Waals surface area contributed by atoms with E-state index in [4.69, 9.17) is 15.7 Å². The Morgan fingerprint density at radius 2 is 1.81 bits per heavy atom. The number of anilines is 1.